The van der Waals surface area contributed by atoms with Gasteiger partial charge in [-0.25, -0.2) is 15.2 Å². The summed E-state index contributed by atoms with van der Waals surface area (Å²) < 4.78 is 13.1. The van der Waals surface area contributed by atoms with E-state index in [2.05, 4.69) is 15.7 Å². The molecule has 6 heteroatoms. The number of carbonyl (C=O) groups is 1. The zero-order valence-electron chi connectivity index (χ0n) is 10.3. The quantitative estimate of drug-likeness (QED) is 0.583. The van der Waals surface area contributed by atoms with Crippen LogP contribution in [0.3, 0.4) is 0 Å². The van der Waals surface area contributed by atoms with Gasteiger partial charge in [-0.2, -0.15) is 0 Å². The van der Waals surface area contributed by atoms with E-state index >= 15 is 0 Å². The molecular formula is C13H13FN4O. The number of hydrogen-bond acceptors (Lipinski definition) is 4. The molecule has 1 aromatic carbocycles. The highest BCUT2D eigenvalue weighted by atomic mass is 19.1. The van der Waals surface area contributed by atoms with Crippen molar-refractivity contribution in [3.05, 3.63) is 53.5 Å². The molecule has 98 valence electrons. The summed E-state index contributed by atoms with van der Waals surface area (Å²) in [5.41, 5.74) is 3.77. The lowest BCUT2D eigenvalue weighted by Crippen LogP contribution is -2.14. The Morgan fingerprint density at radius 3 is 2.79 bits per heavy atom. The number of aromatic nitrogens is 1. The number of benzene rings is 1. The maximum absolute atomic E-state index is 13.1. The van der Waals surface area contributed by atoms with Gasteiger partial charge in [0.1, 0.15) is 11.6 Å². The van der Waals surface area contributed by atoms with Crippen molar-refractivity contribution in [2.24, 2.45) is 5.84 Å². The number of nitrogen functional groups attached to an aromatic ring is 1. The van der Waals surface area contributed by atoms with E-state index in [1.165, 1.54) is 24.4 Å². The lowest BCUT2D eigenvalue weighted by atomic mass is 10.2. The number of aryl methyl sites for hydroxylation is 1. The van der Waals surface area contributed by atoms with E-state index in [-0.39, 0.29) is 11.7 Å². The molecule has 0 fully saturated rings. The third kappa shape index (κ3) is 3.05. The van der Waals surface area contributed by atoms with Gasteiger partial charge >= 0.3 is 0 Å². The average Bonchev–Trinajstić information content (AvgIpc) is 2.43. The molecule has 0 aliphatic heterocycles. The highest BCUT2D eigenvalue weighted by Gasteiger charge is 2.08. The molecule has 2 aromatic rings. The number of nitrogens with two attached hydrogens (primary N) is 1. The monoisotopic (exact) mass is 260 g/mol. The molecule has 5 nitrogen and oxygen atoms in total. The van der Waals surface area contributed by atoms with Crippen LogP contribution in [0.15, 0.2) is 36.5 Å². The zero-order chi connectivity index (χ0) is 13.8. The van der Waals surface area contributed by atoms with Gasteiger partial charge in [0.2, 0.25) is 0 Å². The Morgan fingerprint density at radius 2 is 2.11 bits per heavy atom. The first kappa shape index (κ1) is 13.0. The molecule has 1 heterocycles. The Labute approximate surface area is 109 Å². The zero-order valence-corrected chi connectivity index (χ0v) is 10.3. The van der Waals surface area contributed by atoms with Gasteiger partial charge in [-0.05, 0) is 42.8 Å². The van der Waals surface area contributed by atoms with Crippen LogP contribution in [0.1, 0.15) is 15.9 Å². The van der Waals surface area contributed by atoms with Crippen molar-refractivity contribution >= 4 is 17.4 Å². The average molecular weight is 260 g/mol. The highest BCUT2D eigenvalue weighted by Crippen LogP contribution is 2.15. The summed E-state index contributed by atoms with van der Waals surface area (Å²) in [5.74, 6) is 4.99. The molecule has 0 bridgehead atoms. The van der Waals surface area contributed by atoms with E-state index in [0.29, 0.717) is 22.6 Å². The minimum Gasteiger partial charge on any atom is -0.322 e. The van der Waals surface area contributed by atoms with Crippen LogP contribution in [0, 0.1) is 12.7 Å². The van der Waals surface area contributed by atoms with Crippen LogP contribution in [0.25, 0.3) is 0 Å². The van der Waals surface area contributed by atoms with Gasteiger partial charge in [0.15, 0.2) is 0 Å². The first-order valence-electron chi connectivity index (χ1n) is 5.60. The van der Waals surface area contributed by atoms with Gasteiger partial charge in [0, 0.05) is 17.4 Å². The second-order valence-electron chi connectivity index (χ2n) is 3.99. The number of nitrogens with one attached hydrogen (secondary N) is 2. The van der Waals surface area contributed by atoms with Gasteiger partial charge < -0.3 is 10.7 Å². The predicted octanol–water partition coefficient (Wildman–Crippen LogP) is 2.07. The van der Waals surface area contributed by atoms with E-state index in [4.69, 9.17) is 5.84 Å². The molecule has 0 saturated carbocycles. The van der Waals surface area contributed by atoms with Gasteiger partial charge in [-0.1, -0.05) is 0 Å². The van der Waals surface area contributed by atoms with Crippen LogP contribution in [0.5, 0.6) is 0 Å². The number of pyridine rings is 1. The molecule has 0 saturated heterocycles. The summed E-state index contributed by atoms with van der Waals surface area (Å²) >= 11 is 0. The molecule has 1 aromatic heterocycles. The second kappa shape index (κ2) is 5.45. The molecule has 19 heavy (non-hydrogen) atoms. The standard InChI is InChI=1S/C13H13FN4O/c1-8-6-10(2-3-11(8)14)17-13(19)9-4-5-16-12(7-9)18-15/h2-7H,15H2,1H3,(H,16,18)(H,17,19). The highest BCUT2D eigenvalue weighted by molar-refractivity contribution is 6.04. The van der Waals surface area contributed by atoms with E-state index in [1.54, 1.807) is 19.1 Å². The van der Waals surface area contributed by atoms with Crippen LogP contribution >= 0.6 is 0 Å². The largest absolute Gasteiger partial charge is 0.322 e. The smallest absolute Gasteiger partial charge is 0.255 e. The van der Waals surface area contributed by atoms with Crippen LogP contribution in [-0.4, -0.2) is 10.9 Å². The van der Waals surface area contributed by atoms with Crippen LogP contribution < -0.4 is 16.6 Å². The number of carbonyl (C=O) groups excluding carboxylic acids is 1. The summed E-state index contributed by atoms with van der Waals surface area (Å²) in [7, 11) is 0. The summed E-state index contributed by atoms with van der Waals surface area (Å²) in [6.07, 6.45) is 1.47. The minimum atomic E-state index is -0.315. The fourth-order valence-electron chi connectivity index (χ4n) is 1.58. The van der Waals surface area contributed by atoms with Gasteiger partial charge in [-0.15, -0.1) is 0 Å². The molecule has 2 rings (SSSR count). The maximum atomic E-state index is 13.1. The third-order valence-electron chi connectivity index (χ3n) is 2.59. The van der Waals surface area contributed by atoms with Crippen molar-refractivity contribution in [3.63, 3.8) is 0 Å². The fraction of sp³-hybridized carbons (Fsp3) is 0.0769. The molecule has 4 N–H and O–H groups in total. The minimum absolute atomic E-state index is 0.309. The molecular weight excluding hydrogens is 247 g/mol. The number of rotatable bonds is 3. The number of hydrogen-bond donors (Lipinski definition) is 3. The predicted molar refractivity (Wildman–Crippen MR) is 71.1 cm³/mol. The molecule has 0 aliphatic rings. The third-order valence-corrected chi connectivity index (χ3v) is 2.59. The Hall–Kier alpha value is -2.47. The molecule has 0 unspecified atom stereocenters. The molecule has 0 atom stereocenters. The number of hydrazine groups is 1. The Balaban J connectivity index is 2.18. The Bertz CT molecular complexity index is 615. The van der Waals surface area contributed by atoms with Gasteiger partial charge in [0.05, 0.1) is 0 Å². The normalized spacial score (nSPS) is 10.1. The fourth-order valence-corrected chi connectivity index (χ4v) is 1.58. The summed E-state index contributed by atoms with van der Waals surface area (Å²) in [6.45, 7) is 1.63. The SMILES string of the molecule is Cc1cc(NC(=O)c2ccnc(NN)c2)ccc1F. The number of nitrogens with zero attached hydrogens (tertiary/aromatic N) is 1. The lowest BCUT2D eigenvalue weighted by molar-refractivity contribution is 0.102. The first-order valence-corrected chi connectivity index (χ1v) is 5.60. The molecule has 0 spiro atoms. The number of halogens is 1. The Morgan fingerprint density at radius 1 is 1.32 bits per heavy atom. The van der Waals surface area contributed by atoms with E-state index < -0.39 is 0 Å². The van der Waals surface area contributed by atoms with E-state index in [1.807, 2.05) is 0 Å². The van der Waals surface area contributed by atoms with Crippen LogP contribution in [-0.2, 0) is 0 Å². The van der Waals surface area contributed by atoms with Crippen molar-refractivity contribution in [2.45, 2.75) is 6.92 Å². The lowest BCUT2D eigenvalue weighted by Gasteiger charge is -2.07. The molecule has 1 amide bonds. The number of anilines is 2. The van der Waals surface area contributed by atoms with Crippen molar-refractivity contribution in [1.29, 1.82) is 0 Å². The van der Waals surface area contributed by atoms with Crippen molar-refractivity contribution < 1.29 is 9.18 Å². The summed E-state index contributed by atoms with van der Waals surface area (Å²) in [5, 5.41) is 2.68. The molecule has 0 radical (unpaired) electrons. The van der Waals surface area contributed by atoms with Crippen LogP contribution in [0.4, 0.5) is 15.9 Å². The van der Waals surface area contributed by atoms with Crippen LogP contribution in [0.2, 0.25) is 0 Å². The second-order valence-corrected chi connectivity index (χ2v) is 3.99. The Kier molecular flexibility index (Phi) is 3.72. The molecule has 0 aliphatic carbocycles. The first-order chi connectivity index (χ1) is 9.10. The van der Waals surface area contributed by atoms with E-state index in [9.17, 15) is 9.18 Å². The van der Waals surface area contributed by atoms with Gasteiger partial charge in [0.25, 0.3) is 5.91 Å². The topological polar surface area (TPSA) is 80.0 Å². The summed E-state index contributed by atoms with van der Waals surface area (Å²) in [4.78, 5) is 15.9. The summed E-state index contributed by atoms with van der Waals surface area (Å²) in [6, 6.07) is 7.46. The van der Waals surface area contributed by atoms with Crippen molar-refractivity contribution in [1.82, 2.24) is 4.98 Å². The van der Waals surface area contributed by atoms with Crippen molar-refractivity contribution in [2.75, 3.05) is 10.7 Å². The van der Waals surface area contributed by atoms with E-state index in [0.717, 1.165) is 0 Å². The van der Waals surface area contributed by atoms with Crippen molar-refractivity contribution in [3.8, 4) is 0 Å². The maximum Gasteiger partial charge on any atom is 0.255 e. The van der Waals surface area contributed by atoms with Gasteiger partial charge in [-0.3, -0.25) is 4.79 Å². The number of amides is 1.